The van der Waals surface area contributed by atoms with E-state index in [2.05, 4.69) is 6.92 Å². The minimum atomic E-state index is -0.0599. The monoisotopic (exact) mass is 298 g/mol. The van der Waals surface area contributed by atoms with Crippen molar-refractivity contribution in [2.45, 2.75) is 26.2 Å². The topological polar surface area (TPSA) is 46.3 Å². The number of thiocarbonyl (C=S) groups is 1. The molecule has 0 spiro atoms. The molecular weight excluding hydrogens is 280 g/mol. The summed E-state index contributed by atoms with van der Waals surface area (Å²) in [6.45, 7) is 3.33. The number of nitrogens with two attached hydrogens (primary N) is 1. The van der Waals surface area contributed by atoms with Crippen molar-refractivity contribution < 1.29 is 4.79 Å². The van der Waals surface area contributed by atoms with Crippen molar-refractivity contribution in [1.29, 1.82) is 0 Å². The van der Waals surface area contributed by atoms with Crippen LogP contribution >= 0.6 is 23.8 Å². The van der Waals surface area contributed by atoms with Crippen LogP contribution in [0.15, 0.2) is 24.3 Å². The van der Waals surface area contributed by atoms with Gasteiger partial charge in [-0.3, -0.25) is 4.79 Å². The van der Waals surface area contributed by atoms with E-state index in [0.29, 0.717) is 35.1 Å². The number of carbonyl (C=O) groups is 1. The Hall–Kier alpha value is -1.13. The number of amides is 1. The molecule has 0 aliphatic rings. The van der Waals surface area contributed by atoms with Gasteiger partial charge in [0.05, 0.1) is 15.6 Å². The number of rotatable bonds is 7. The summed E-state index contributed by atoms with van der Waals surface area (Å²) in [6.07, 6.45) is 2.52. The van der Waals surface area contributed by atoms with Crippen LogP contribution in [0.4, 0.5) is 0 Å². The molecule has 0 bridgehead atoms. The molecule has 1 amide bonds. The average molecular weight is 299 g/mol. The molecule has 0 aromatic heterocycles. The normalized spacial score (nSPS) is 10.2. The Labute approximate surface area is 124 Å². The average Bonchev–Trinajstić information content (AvgIpc) is 2.38. The molecule has 0 fully saturated rings. The molecule has 1 rings (SSSR count). The fourth-order valence-corrected chi connectivity index (χ4v) is 2.02. The van der Waals surface area contributed by atoms with Gasteiger partial charge in [0.2, 0.25) is 0 Å². The van der Waals surface area contributed by atoms with Gasteiger partial charge in [-0.1, -0.05) is 49.3 Å². The molecule has 0 atom stereocenters. The molecule has 104 valence electrons. The number of hydrogen-bond acceptors (Lipinski definition) is 2. The molecule has 1 aromatic carbocycles. The molecular formula is C14H19ClN2OS. The van der Waals surface area contributed by atoms with E-state index in [4.69, 9.17) is 29.6 Å². The lowest BCUT2D eigenvalue weighted by atomic mass is 10.1. The highest BCUT2D eigenvalue weighted by Gasteiger charge is 2.17. The summed E-state index contributed by atoms with van der Waals surface area (Å²) < 4.78 is 0. The summed E-state index contributed by atoms with van der Waals surface area (Å²) >= 11 is 10.9. The molecule has 0 aliphatic heterocycles. The van der Waals surface area contributed by atoms with Gasteiger partial charge in [-0.15, -0.1) is 0 Å². The van der Waals surface area contributed by atoms with Gasteiger partial charge in [-0.2, -0.15) is 0 Å². The molecule has 0 saturated heterocycles. The van der Waals surface area contributed by atoms with Crippen LogP contribution in [-0.2, 0) is 0 Å². The predicted molar refractivity (Wildman–Crippen MR) is 83.7 cm³/mol. The summed E-state index contributed by atoms with van der Waals surface area (Å²) in [5.41, 5.74) is 6.04. The van der Waals surface area contributed by atoms with Gasteiger partial charge in [0, 0.05) is 19.5 Å². The molecule has 2 N–H and O–H groups in total. The lowest BCUT2D eigenvalue weighted by molar-refractivity contribution is 0.0758. The van der Waals surface area contributed by atoms with Crippen LogP contribution in [-0.4, -0.2) is 28.9 Å². The summed E-state index contributed by atoms with van der Waals surface area (Å²) in [5, 5.41) is 0.476. The lowest BCUT2D eigenvalue weighted by Gasteiger charge is -2.23. The zero-order valence-corrected chi connectivity index (χ0v) is 12.6. The third kappa shape index (κ3) is 5.17. The first-order valence-electron chi connectivity index (χ1n) is 6.38. The van der Waals surface area contributed by atoms with E-state index < -0.39 is 0 Å². The maximum Gasteiger partial charge on any atom is 0.255 e. The van der Waals surface area contributed by atoms with Gasteiger partial charge < -0.3 is 10.6 Å². The smallest absolute Gasteiger partial charge is 0.255 e. The number of hydrogen-bond donors (Lipinski definition) is 1. The van der Waals surface area contributed by atoms with Crippen LogP contribution in [0.1, 0.15) is 36.5 Å². The third-order valence-electron chi connectivity index (χ3n) is 2.80. The van der Waals surface area contributed by atoms with E-state index in [9.17, 15) is 4.79 Å². The van der Waals surface area contributed by atoms with Gasteiger partial charge in [0.25, 0.3) is 5.91 Å². The van der Waals surface area contributed by atoms with Crippen molar-refractivity contribution in [2.24, 2.45) is 5.73 Å². The molecule has 5 heteroatoms. The fraction of sp³-hybridized carbons (Fsp3) is 0.429. The standard InChI is InChI=1S/C14H19ClN2OS/c1-2-3-9-17(10-8-13(16)19)14(18)11-6-4-5-7-12(11)15/h4-7H,2-3,8-10H2,1H3,(H2,16,19). The van der Waals surface area contributed by atoms with E-state index in [-0.39, 0.29) is 5.91 Å². The second-order valence-corrected chi connectivity index (χ2v) is 5.27. The Morgan fingerprint density at radius 3 is 2.63 bits per heavy atom. The molecule has 19 heavy (non-hydrogen) atoms. The van der Waals surface area contributed by atoms with Crippen LogP contribution in [0, 0.1) is 0 Å². The Morgan fingerprint density at radius 1 is 1.37 bits per heavy atom. The SMILES string of the molecule is CCCCN(CCC(N)=S)C(=O)c1ccccc1Cl. The van der Waals surface area contributed by atoms with Crippen molar-refractivity contribution in [2.75, 3.05) is 13.1 Å². The molecule has 1 aromatic rings. The second-order valence-electron chi connectivity index (χ2n) is 4.34. The number of halogens is 1. The minimum absolute atomic E-state index is 0.0599. The second kappa shape index (κ2) is 8.12. The van der Waals surface area contributed by atoms with E-state index in [1.165, 1.54) is 0 Å². The summed E-state index contributed by atoms with van der Waals surface area (Å²) in [6, 6.07) is 7.08. The van der Waals surface area contributed by atoms with Gasteiger partial charge >= 0.3 is 0 Å². The van der Waals surface area contributed by atoms with Gasteiger partial charge in [-0.25, -0.2) is 0 Å². The van der Waals surface area contributed by atoms with Gasteiger partial charge in [-0.05, 0) is 18.6 Å². The van der Waals surface area contributed by atoms with Crippen LogP contribution in [0.5, 0.6) is 0 Å². The number of nitrogens with zero attached hydrogens (tertiary/aromatic N) is 1. The van der Waals surface area contributed by atoms with E-state index in [1.807, 2.05) is 12.1 Å². The zero-order chi connectivity index (χ0) is 14.3. The minimum Gasteiger partial charge on any atom is -0.393 e. The fourth-order valence-electron chi connectivity index (χ4n) is 1.71. The Balaban J connectivity index is 2.81. The van der Waals surface area contributed by atoms with Crippen molar-refractivity contribution in [1.82, 2.24) is 4.90 Å². The molecule has 0 saturated carbocycles. The van der Waals surface area contributed by atoms with Gasteiger partial charge in [0.15, 0.2) is 0 Å². The summed E-state index contributed by atoms with van der Waals surface area (Å²) in [4.78, 5) is 14.6. The Bertz CT molecular complexity index is 451. The van der Waals surface area contributed by atoms with Crippen molar-refractivity contribution >= 4 is 34.7 Å². The predicted octanol–water partition coefficient (Wildman–Crippen LogP) is 3.26. The van der Waals surface area contributed by atoms with Crippen molar-refractivity contribution in [3.8, 4) is 0 Å². The first kappa shape index (κ1) is 15.9. The Kier molecular flexibility index (Phi) is 6.81. The first-order valence-corrected chi connectivity index (χ1v) is 7.17. The van der Waals surface area contributed by atoms with E-state index in [0.717, 1.165) is 12.8 Å². The maximum absolute atomic E-state index is 12.4. The highest BCUT2D eigenvalue weighted by molar-refractivity contribution is 7.80. The van der Waals surface area contributed by atoms with Crippen molar-refractivity contribution in [3.05, 3.63) is 34.9 Å². The lowest BCUT2D eigenvalue weighted by Crippen LogP contribution is -2.34. The van der Waals surface area contributed by atoms with Gasteiger partial charge in [0.1, 0.15) is 0 Å². The van der Waals surface area contributed by atoms with E-state index >= 15 is 0 Å². The van der Waals surface area contributed by atoms with E-state index in [1.54, 1.807) is 17.0 Å². The van der Waals surface area contributed by atoms with Crippen molar-refractivity contribution in [3.63, 3.8) is 0 Å². The molecule has 0 aliphatic carbocycles. The highest BCUT2D eigenvalue weighted by Crippen LogP contribution is 2.17. The Morgan fingerprint density at radius 2 is 2.05 bits per heavy atom. The quantitative estimate of drug-likeness (QED) is 0.786. The third-order valence-corrected chi connectivity index (χ3v) is 3.33. The first-order chi connectivity index (χ1) is 9.06. The molecule has 0 radical (unpaired) electrons. The maximum atomic E-state index is 12.4. The molecule has 0 unspecified atom stereocenters. The van der Waals surface area contributed by atoms with Crippen LogP contribution in [0.2, 0.25) is 5.02 Å². The zero-order valence-electron chi connectivity index (χ0n) is 11.1. The summed E-state index contributed by atoms with van der Waals surface area (Å²) in [5.74, 6) is -0.0599. The molecule has 3 nitrogen and oxygen atoms in total. The number of carbonyl (C=O) groups excluding carboxylic acids is 1. The largest absolute Gasteiger partial charge is 0.393 e. The number of benzene rings is 1. The van der Waals surface area contributed by atoms with Crippen LogP contribution < -0.4 is 5.73 Å². The molecule has 0 heterocycles. The van der Waals surface area contributed by atoms with Crippen LogP contribution in [0.25, 0.3) is 0 Å². The highest BCUT2D eigenvalue weighted by atomic mass is 35.5. The number of unbranched alkanes of at least 4 members (excludes halogenated alkanes) is 1. The summed E-state index contributed by atoms with van der Waals surface area (Å²) in [7, 11) is 0. The van der Waals surface area contributed by atoms with Crippen LogP contribution in [0.3, 0.4) is 0 Å².